The highest BCUT2D eigenvalue weighted by Crippen LogP contribution is 2.19. The summed E-state index contributed by atoms with van der Waals surface area (Å²) in [6.07, 6.45) is 14.1. The summed E-state index contributed by atoms with van der Waals surface area (Å²) in [5, 5.41) is 12.6. The van der Waals surface area contributed by atoms with Crippen LogP contribution >= 0.6 is 0 Å². The molecule has 1 aromatic carbocycles. The van der Waals surface area contributed by atoms with Crippen LogP contribution < -0.4 is 5.32 Å². The minimum Gasteiger partial charge on any atom is -0.508 e. The first kappa shape index (κ1) is 18.2. The molecule has 0 aliphatic carbocycles. The molecule has 4 nitrogen and oxygen atoms in total. The van der Waals surface area contributed by atoms with Crippen molar-refractivity contribution in [1.29, 1.82) is 0 Å². The molecule has 4 heteroatoms. The number of aromatic nitrogens is 2. The van der Waals surface area contributed by atoms with Crippen LogP contribution in [0.4, 0.5) is 5.82 Å². The average molecular weight is 327 g/mol. The van der Waals surface area contributed by atoms with Crippen molar-refractivity contribution in [3.63, 3.8) is 0 Å². The molecule has 0 spiro atoms. The molecule has 0 bridgehead atoms. The Morgan fingerprint density at radius 3 is 2.12 bits per heavy atom. The molecular weight excluding hydrogens is 298 g/mol. The zero-order chi connectivity index (χ0) is 17.0. The summed E-state index contributed by atoms with van der Waals surface area (Å²) in [5.74, 6) is 1.08. The summed E-state index contributed by atoms with van der Waals surface area (Å²) in [4.78, 5) is 8.84. The SMILES string of the molecule is CCCCCCCCCCNc1cnc(-c2ccc(O)cc2)cn1. The van der Waals surface area contributed by atoms with Crippen LogP contribution in [-0.2, 0) is 0 Å². The van der Waals surface area contributed by atoms with Gasteiger partial charge in [-0.2, -0.15) is 0 Å². The Hall–Kier alpha value is -2.10. The number of benzene rings is 1. The Balaban J connectivity index is 1.63. The van der Waals surface area contributed by atoms with E-state index in [4.69, 9.17) is 0 Å². The Bertz CT molecular complexity index is 566. The number of phenols is 1. The van der Waals surface area contributed by atoms with Gasteiger partial charge in [0.25, 0.3) is 0 Å². The highest BCUT2D eigenvalue weighted by atomic mass is 16.3. The van der Waals surface area contributed by atoms with Gasteiger partial charge in [-0.3, -0.25) is 4.98 Å². The summed E-state index contributed by atoms with van der Waals surface area (Å²) in [6.45, 7) is 3.20. The van der Waals surface area contributed by atoms with Gasteiger partial charge in [-0.05, 0) is 30.7 Å². The largest absolute Gasteiger partial charge is 0.508 e. The molecule has 130 valence electrons. The van der Waals surface area contributed by atoms with E-state index in [-0.39, 0.29) is 5.75 Å². The van der Waals surface area contributed by atoms with Crippen LogP contribution in [0.5, 0.6) is 5.75 Å². The van der Waals surface area contributed by atoms with Gasteiger partial charge < -0.3 is 10.4 Å². The smallest absolute Gasteiger partial charge is 0.144 e. The van der Waals surface area contributed by atoms with Crippen molar-refractivity contribution in [3.05, 3.63) is 36.7 Å². The number of unbranched alkanes of at least 4 members (excludes halogenated alkanes) is 7. The maximum absolute atomic E-state index is 9.31. The zero-order valence-corrected chi connectivity index (χ0v) is 14.7. The second-order valence-corrected chi connectivity index (χ2v) is 6.24. The van der Waals surface area contributed by atoms with Gasteiger partial charge in [0.05, 0.1) is 18.1 Å². The van der Waals surface area contributed by atoms with E-state index in [1.165, 1.54) is 51.4 Å². The first-order valence-corrected chi connectivity index (χ1v) is 9.15. The summed E-state index contributed by atoms with van der Waals surface area (Å²) in [5.41, 5.74) is 1.77. The van der Waals surface area contributed by atoms with Crippen molar-refractivity contribution in [2.75, 3.05) is 11.9 Å². The van der Waals surface area contributed by atoms with Crippen molar-refractivity contribution in [1.82, 2.24) is 9.97 Å². The molecule has 0 amide bonds. The van der Waals surface area contributed by atoms with E-state index >= 15 is 0 Å². The Kier molecular flexibility index (Phi) is 8.08. The lowest BCUT2D eigenvalue weighted by Gasteiger charge is -2.06. The molecule has 2 N–H and O–H groups in total. The molecule has 1 aromatic heterocycles. The predicted octanol–water partition coefficient (Wildman–Crippen LogP) is 5.40. The molecule has 2 rings (SSSR count). The van der Waals surface area contributed by atoms with E-state index in [9.17, 15) is 5.11 Å². The molecule has 0 atom stereocenters. The third kappa shape index (κ3) is 6.57. The van der Waals surface area contributed by atoms with Crippen molar-refractivity contribution in [2.45, 2.75) is 58.3 Å². The predicted molar refractivity (Wildman–Crippen MR) is 100 cm³/mol. The Morgan fingerprint density at radius 1 is 0.833 bits per heavy atom. The monoisotopic (exact) mass is 327 g/mol. The summed E-state index contributed by atoms with van der Waals surface area (Å²) >= 11 is 0. The first-order valence-electron chi connectivity index (χ1n) is 9.15. The number of aromatic hydroxyl groups is 1. The van der Waals surface area contributed by atoms with E-state index in [0.717, 1.165) is 23.6 Å². The van der Waals surface area contributed by atoms with Crippen molar-refractivity contribution >= 4 is 5.82 Å². The van der Waals surface area contributed by atoms with E-state index in [2.05, 4.69) is 22.2 Å². The molecule has 0 aliphatic rings. The average Bonchev–Trinajstić information content (AvgIpc) is 2.62. The fourth-order valence-electron chi connectivity index (χ4n) is 2.68. The van der Waals surface area contributed by atoms with Gasteiger partial charge in [0, 0.05) is 12.1 Å². The van der Waals surface area contributed by atoms with Crippen LogP contribution in [0.2, 0.25) is 0 Å². The van der Waals surface area contributed by atoms with Crippen LogP contribution in [0.3, 0.4) is 0 Å². The lowest BCUT2D eigenvalue weighted by Crippen LogP contribution is -2.03. The molecule has 0 unspecified atom stereocenters. The highest BCUT2D eigenvalue weighted by molar-refractivity contribution is 5.59. The minimum absolute atomic E-state index is 0.260. The fraction of sp³-hybridized carbons (Fsp3) is 0.500. The number of hydrogen-bond acceptors (Lipinski definition) is 4. The van der Waals surface area contributed by atoms with Crippen molar-refractivity contribution < 1.29 is 5.11 Å². The normalized spacial score (nSPS) is 10.7. The van der Waals surface area contributed by atoms with Crippen LogP contribution in [-0.4, -0.2) is 21.6 Å². The summed E-state index contributed by atoms with van der Waals surface area (Å²) in [6, 6.07) is 7.00. The van der Waals surface area contributed by atoms with E-state index < -0.39 is 0 Å². The number of rotatable bonds is 11. The lowest BCUT2D eigenvalue weighted by atomic mass is 10.1. The van der Waals surface area contributed by atoms with Crippen LogP contribution in [0, 0.1) is 0 Å². The Morgan fingerprint density at radius 2 is 1.50 bits per heavy atom. The molecular formula is C20H29N3O. The molecule has 0 radical (unpaired) electrons. The number of phenolic OH excluding ortho intramolecular Hbond substituents is 1. The number of anilines is 1. The number of hydrogen-bond donors (Lipinski definition) is 2. The van der Waals surface area contributed by atoms with Crippen LogP contribution in [0.15, 0.2) is 36.7 Å². The van der Waals surface area contributed by atoms with Gasteiger partial charge in [0.15, 0.2) is 0 Å². The van der Waals surface area contributed by atoms with E-state index in [0.29, 0.717) is 0 Å². The molecule has 0 aliphatic heterocycles. The number of nitrogens with one attached hydrogen (secondary N) is 1. The first-order chi connectivity index (χ1) is 11.8. The van der Waals surface area contributed by atoms with Gasteiger partial charge >= 0.3 is 0 Å². The topological polar surface area (TPSA) is 58.0 Å². The van der Waals surface area contributed by atoms with Gasteiger partial charge in [0.2, 0.25) is 0 Å². The molecule has 0 saturated heterocycles. The highest BCUT2D eigenvalue weighted by Gasteiger charge is 2.01. The molecule has 24 heavy (non-hydrogen) atoms. The molecule has 0 fully saturated rings. The maximum atomic E-state index is 9.31. The summed E-state index contributed by atoms with van der Waals surface area (Å²) < 4.78 is 0. The molecule has 1 heterocycles. The lowest BCUT2D eigenvalue weighted by molar-refractivity contribution is 0.475. The third-order valence-electron chi connectivity index (χ3n) is 4.15. The van der Waals surface area contributed by atoms with Gasteiger partial charge in [0.1, 0.15) is 11.6 Å². The second-order valence-electron chi connectivity index (χ2n) is 6.24. The zero-order valence-electron chi connectivity index (χ0n) is 14.7. The van der Waals surface area contributed by atoms with E-state index in [1.54, 1.807) is 24.5 Å². The minimum atomic E-state index is 0.260. The van der Waals surface area contributed by atoms with Crippen molar-refractivity contribution in [3.8, 4) is 17.0 Å². The second kappa shape index (κ2) is 10.6. The third-order valence-corrected chi connectivity index (χ3v) is 4.15. The quantitative estimate of drug-likeness (QED) is 0.542. The molecule has 2 aromatic rings. The summed E-state index contributed by atoms with van der Waals surface area (Å²) in [7, 11) is 0. The maximum Gasteiger partial charge on any atom is 0.144 e. The van der Waals surface area contributed by atoms with Gasteiger partial charge in [-0.25, -0.2) is 4.98 Å². The van der Waals surface area contributed by atoms with Gasteiger partial charge in [-0.15, -0.1) is 0 Å². The van der Waals surface area contributed by atoms with Crippen molar-refractivity contribution in [2.24, 2.45) is 0 Å². The number of nitrogens with zero attached hydrogens (tertiary/aromatic N) is 2. The van der Waals surface area contributed by atoms with E-state index in [1.807, 2.05) is 12.1 Å². The van der Waals surface area contributed by atoms with Crippen LogP contribution in [0.25, 0.3) is 11.3 Å². The fourth-order valence-corrected chi connectivity index (χ4v) is 2.68. The standard InChI is InChI=1S/C20H29N3O/c1-2-3-4-5-6-7-8-9-14-21-20-16-22-19(15-23-20)17-10-12-18(24)13-11-17/h10-13,15-16,24H,2-9,14H2,1H3,(H,21,23). The van der Waals surface area contributed by atoms with Gasteiger partial charge in [-0.1, -0.05) is 51.9 Å². The molecule has 0 saturated carbocycles. The Labute approximate surface area is 145 Å². The van der Waals surface area contributed by atoms with Crippen LogP contribution in [0.1, 0.15) is 58.3 Å².